The zero-order valence-corrected chi connectivity index (χ0v) is 11.8. The molecule has 6 heteroatoms. The summed E-state index contributed by atoms with van der Waals surface area (Å²) in [4.78, 5) is 12.7. The van der Waals surface area contributed by atoms with Crippen LogP contribution in [0.1, 0.15) is 5.56 Å². The van der Waals surface area contributed by atoms with Crippen LogP contribution in [0.3, 0.4) is 0 Å². The largest absolute Gasteiger partial charge is 0.373 e. The molecule has 0 spiro atoms. The maximum Gasteiger partial charge on any atom is 0.133 e. The normalized spacial score (nSPS) is 10.3. The molecule has 2 aromatic heterocycles. The Labute approximate surface area is 112 Å². The number of pyridine rings is 1. The lowest BCUT2D eigenvalue weighted by molar-refractivity contribution is 0.997. The van der Waals surface area contributed by atoms with Gasteiger partial charge in [-0.15, -0.1) is 0 Å². The van der Waals surface area contributed by atoms with Gasteiger partial charge in [-0.25, -0.2) is 15.0 Å². The van der Waals surface area contributed by atoms with Crippen LogP contribution in [0.15, 0.2) is 39.2 Å². The molecule has 0 unspecified atom stereocenters. The van der Waals surface area contributed by atoms with Crippen molar-refractivity contribution in [3.05, 3.63) is 34.7 Å². The summed E-state index contributed by atoms with van der Waals surface area (Å²) in [6, 6.07) is 3.92. The molecule has 0 radical (unpaired) electrons. The molecule has 0 aliphatic rings. The quantitative estimate of drug-likeness (QED) is 0.883. The molecule has 17 heavy (non-hydrogen) atoms. The molecule has 0 bridgehead atoms. The topological polar surface area (TPSA) is 50.7 Å². The predicted molar refractivity (Wildman–Crippen MR) is 72.4 cm³/mol. The highest BCUT2D eigenvalue weighted by Crippen LogP contribution is 2.29. The lowest BCUT2D eigenvalue weighted by Crippen LogP contribution is -1.98. The summed E-state index contributed by atoms with van der Waals surface area (Å²) < 4.78 is 0.970. The van der Waals surface area contributed by atoms with Gasteiger partial charge >= 0.3 is 0 Å². The molecule has 0 atom stereocenters. The minimum absolute atomic E-state index is 0.847. The van der Waals surface area contributed by atoms with Crippen LogP contribution in [-0.2, 0) is 0 Å². The van der Waals surface area contributed by atoms with E-state index in [1.165, 1.54) is 11.8 Å². The zero-order chi connectivity index (χ0) is 12.3. The molecule has 2 heterocycles. The first kappa shape index (κ1) is 12.3. The van der Waals surface area contributed by atoms with Crippen molar-refractivity contribution in [3.8, 4) is 0 Å². The molecular weight excluding hydrogens is 300 g/mol. The van der Waals surface area contributed by atoms with E-state index in [2.05, 4.69) is 36.2 Å². The Bertz CT molecular complexity index is 515. The van der Waals surface area contributed by atoms with Gasteiger partial charge in [-0.05, 0) is 46.7 Å². The van der Waals surface area contributed by atoms with E-state index in [9.17, 15) is 0 Å². The van der Waals surface area contributed by atoms with E-state index in [0.717, 1.165) is 25.9 Å². The van der Waals surface area contributed by atoms with Crippen LogP contribution in [0.2, 0.25) is 0 Å². The van der Waals surface area contributed by atoms with Gasteiger partial charge in [0.1, 0.15) is 22.2 Å². The molecular formula is C11H11BrN4S. The van der Waals surface area contributed by atoms with Crippen LogP contribution >= 0.6 is 27.7 Å². The third kappa shape index (κ3) is 2.95. The van der Waals surface area contributed by atoms with Crippen molar-refractivity contribution in [2.45, 2.75) is 17.0 Å². The number of hydrogen-bond acceptors (Lipinski definition) is 5. The molecule has 0 saturated carbocycles. The number of aromatic nitrogens is 3. The Kier molecular flexibility index (Phi) is 3.96. The number of anilines is 1. The minimum Gasteiger partial charge on any atom is -0.373 e. The van der Waals surface area contributed by atoms with E-state index in [1.54, 1.807) is 12.5 Å². The fourth-order valence-electron chi connectivity index (χ4n) is 1.31. The molecule has 0 aromatic carbocycles. The number of nitrogens with zero attached hydrogens (tertiary/aromatic N) is 3. The molecule has 1 N–H and O–H groups in total. The standard InChI is InChI=1S/C11H11BrN4S/c1-7-10(13-2)15-6-16-11(7)17-9-4-3-8(12)5-14-9/h3-6H,1-2H3,(H,13,15,16). The van der Waals surface area contributed by atoms with Gasteiger partial charge < -0.3 is 5.32 Å². The van der Waals surface area contributed by atoms with Crippen LogP contribution in [-0.4, -0.2) is 22.0 Å². The third-order valence-corrected chi connectivity index (χ3v) is 3.70. The van der Waals surface area contributed by atoms with E-state index in [0.29, 0.717) is 0 Å². The van der Waals surface area contributed by atoms with Crippen molar-refractivity contribution in [1.82, 2.24) is 15.0 Å². The van der Waals surface area contributed by atoms with E-state index in [1.807, 2.05) is 26.1 Å². The summed E-state index contributed by atoms with van der Waals surface area (Å²) in [7, 11) is 1.85. The van der Waals surface area contributed by atoms with Crippen molar-refractivity contribution < 1.29 is 0 Å². The van der Waals surface area contributed by atoms with E-state index in [4.69, 9.17) is 0 Å². The van der Waals surface area contributed by atoms with Crippen LogP contribution in [0.5, 0.6) is 0 Å². The Balaban J connectivity index is 2.27. The average molecular weight is 311 g/mol. The highest BCUT2D eigenvalue weighted by atomic mass is 79.9. The van der Waals surface area contributed by atoms with Gasteiger partial charge in [0.05, 0.1) is 0 Å². The Morgan fingerprint density at radius 2 is 2.06 bits per heavy atom. The smallest absolute Gasteiger partial charge is 0.133 e. The van der Waals surface area contributed by atoms with Crippen molar-refractivity contribution in [1.29, 1.82) is 0 Å². The van der Waals surface area contributed by atoms with Gasteiger partial charge in [0, 0.05) is 23.3 Å². The summed E-state index contributed by atoms with van der Waals surface area (Å²) in [5.74, 6) is 0.847. The molecule has 0 saturated heterocycles. The van der Waals surface area contributed by atoms with Crippen molar-refractivity contribution in [2.75, 3.05) is 12.4 Å². The van der Waals surface area contributed by atoms with E-state index in [-0.39, 0.29) is 0 Å². The van der Waals surface area contributed by atoms with Crippen molar-refractivity contribution >= 4 is 33.5 Å². The SMILES string of the molecule is CNc1ncnc(Sc2ccc(Br)cn2)c1C. The van der Waals surface area contributed by atoms with Crippen LogP contribution in [0.25, 0.3) is 0 Å². The zero-order valence-electron chi connectivity index (χ0n) is 9.44. The van der Waals surface area contributed by atoms with Gasteiger partial charge in [-0.2, -0.15) is 0 Å². The Hall–Kier alpha value is -1.14. The second-order valence-electron chi connectivity index (χ2n) is 3.32. The Morgan fingerprint density at radius 3 is 2.71 bits per heavy atom. The van der Waals surface area contributed by atoms with Gasteiger partial charge in [0.2, 0.25) is 0 Å². The Morgan fingerprint density at radius 1 is 1.24 bits per heavy atom. The molecule has 0 aliphatic heterocycles. The maximum absolute atomic E-state index is 4.31. The fourth-order valence-corrected chi connectivity index (χ4v) is 2.33. The van der Waals surface area contributed by atoms with Crippen LogP contribution in [0, 0.1) is 6.92 Å². The summed E-state index contributed by atoms with van der Waals surface area (Å²) >= 11 is 4.89. The molecule has 0 fully saturated rings. The first-order valence-electron chi connectivity index (χ1n) is 4.99. The lowest BCUT2D eigenvalue weighted by Gasteiger charge is -2.07. The fraction of sp³-hybridized carbons (Fsp3) is 0.182. The molecule has 0 aliphatic carbocycles. The highest BCUT2D eigenvalue weighted by Gasteiger charge is 2.07. The van der Waals surface area contributed by atoms with Crippen molar-refractivity contribution in [3.63, 3.8) is 0 Å². The average Bonchev–Trinajstić information content (AvgIpc) is 2.35. The molecule has 88 valence electrons. The molecule has 0 amide bonds. The lowest BCUT2D eigenvalue weighted by atomic mass is 10.3. The van der Waals surface area contributed by atoms with Gasteiger partial charge in [0.15, 0.2) is 0 Å². The van der Waals surface area contributed by atoms with Crippen LogP contribution < -0.4 is 5.32 Å². The van der Waals surface area contributed by atoms with Gasteiger partial charge in [-0.1, -0.05) is 0 Å². The third-order valence-electron chi connectivity index (χ3n) is 2.18. The molecule has 2 rings (SSSR count). The predicted octanol–water partition coefficient (Wildman–Crippen LogP) is 3.14. The second kappa shape index (κ2) is 5.46. The monoisotopic (exact) mass is 310 g/mol. The summed E-state index contributed by atoms with van der Waals surface area (Å²) in [6.07, 6.45) is 3.33. The highest BCUT2D eigenvalue weighted by molar-refractivity contribution is 9.10. The van der Waals surface area contributed by atoms with E-state index >= 15 is 0 Å². The van der Waals surface area contributed by atoms with Gasteiger partial charge in [-0.3, -0.25) is 0 Å². The first-order chi connectivity index (χ1) is 8.20. The molecule has 4 nitrogen and oxygen atoms in total. The number of halogens is 1. The summed E-state index contributed by atoms with van der Waals surface area (Å²) in [5, 5.41) is 4.87. The molecule has 2 aromatic rings. The second-order valence-corrected chi connectivity index (χ2v) is 5.24. The summed E-state index contributed by atoms with van der Waals surface area (Å²) in [6.45, 7) is 1.99. The first-order valence-corrected chi connectivity index (χ1v) is 6.60. The maximum atomic E-state index is 4.31. The number of nitrogens with one attached hydrogen (secondary N) is 1. The van der Waals surface area contributed by atoms with Crippen molar-refractivity contribution in [2.24, 2.45) is 0 Å². The number of hydrogen-bond donors (Lipinski definition) is 1. The summed E-state index contributed by atoms with van der Waals surface area (Å²) in [5.41, 5.74) is 1.03. The minimum atomic E-state index is 0.847. The van der Waals surface area contributed by atoms with Gasteiger partial charge in [0.25, 0.3) is 0 Å². The van der Waals surface area contributed by atoms with Crippen LogP contribution in [0.4, 0.5) is 5.82 Å². The number of rotatable bonds is 3. The van der Waals surface area contributed by atoms with E-state index < -0.39 is 0 Å².